The third-order valence-corrected chi connectivity index (χ3v) is 11.5. The number of rotatable bonds is 48. The fourth-order valence-corrected chi connectivity index (χ4v) is 7.51. The highest BCUT2D eigenvalue weighted by Gasteiger charge is 2.19. The van der Waals surface area contributed by atoms with Crippen LogP contribution in [0.5, 0.6) is 0 Å². The van der Waals surface area contributed by atoms with Gasteiger partial charge in [0.1, 0.15) is 13.2 Å². The predicted molar refractivity (Wildman–Crippen MR) is 270 cm³/mol. The van der Waals surface area contributed by atoms with Crippen LogP contribution in [0.4, 0.5) is 0 Å². The Morgan fingerprint density at radius 2 is 0.651 bits per heavy atom. The first kappa shape index (κ1) is 60.1. The third kappa shape index (κ3) is 50.0. The Kier molecular flexibility index (Phi) is 49.4. The van der Waals surface area contributed by atoms with E-state index in [4.69, 9.17) is 14.2 Å². The predicted octanol–water partition coefficient (Wildman–Crippen LogP) is 17.6. The zero-order valence-corrected chi connectivity index (χ0v) is 41.6. The van der Waals surface area contributed by atoms with Crippen LogP contribution >= 0.6 is 0 Å². The lowest BCUT2D eigenvalue weighted by Gasteiger charge is -2.18. The van der Waals surface area contributed by atoms with Crippen molar-refractivity contribution in [3.63, 3.8) is 0 Å². The lowest BCUT2D eigenvalue weighted by Crippen LogP contribution is -2.30. The van der Waals surface area contributed by atoms with E-state index in [-0.39, 0.29) is 37.5 Å². The molecule has 0 aromatic carbocycles. The number of hydrogen-bond donors (Lipinski definition) is 0. The number of hydrogen-bond acceptors (Lipinski definition) is 6. The summed E-state index contributed by atoms with van der Waals surface area (Å²) in [6.07, 6.45) is 63.7. The molecule has 364 valence electrons. The van der Waals surface area contributed by atoms with Crippen molar-refractivity contribution in [2.45, 2.75) is 271 Å². The van der Waals surface area contributed by atoms with Crippen LogP contribution in [-0.2, 0) is 28.6 Å². The molecule has 0 radical (unpaired) electrons. The smallest absolute Gasteiger partial charge is 0.306 e. The van der Waals surface area contributed by atoms with Crippen molar-refractivity contribution in [3.8, 4) is 0 Å². The highest BCUT2D eigenvalue weighted by molar-refractivity contribution is 5.71. The van der Waals surface area contributed by atoms with Crippen molar-refractivity contribution in [1.29, 1.82) is 0 Å². The summed E-state index contributed by atoms with van der Waals surface area (Å²) in [5, 5.41) is 0. The Labute approximate surface area is 390 Å². The van der Waals surface area contributed by atoms with E-state index < -0.39 is 6.10 Å². The van der Waals surface area contributed by atoms with E-state index in [1.54, 1.807) is 0 Å². The van der Waals surface area contributed by atoms with E-state index in [1.807, 2.05) is 12.2 Å². The topological polar surface area (TPSA) is 78.9 Å². The van der Waals surface area contributed by atoms with Crippen LogP contribution in [0.3, 0.4) is 0 Å². The van der Waals surface area contributed by atoms with Crippen LogP contribution in [-0.4, -0.2) is 37.2 Å². The number of ether oxygens (including phenoxy) is 3. The zero-order chi connectivity index (χ0) is 45.8. The van der Waals surface area contributed by atoms with Gasteiger partial charge in [-0.15, -0.1) is 0 Å². The molecule has 0 aromatic rings. The molecule has 0 bridgehead atoms. The Bertz CT molecular complexity index is 1150. The molecule has 0 saturated carbocycles. The van der Waals surface area contributed by atoms with Gasteiger partial charge in [0.25, 0.3) is 0 Å². The Hall–Kier alpha value is -2.89. The van der Waals surface area contributed by atoms with Gasteiger partial charge in [-0.3, -0.25) is 14.4 Å². The second-order valence-corrected chi connectivity index (χ2v) is 17.8. The summed E-state index contributed by atoms with van der Waals surface area (Å²) in [7, 11) is 0. The summed E-state index contributed by atoms with van der Waals surface area (Å²) in [5.41, 5.74) is 0. The van der Waals surface area contributed by atoms with Gasteiger partial charge in [-0.05, 0) is 70.6 Å². The Balaban J connectivity index is 4.36. The molecule has 0 fully saturated rings. The minimum atomic E-state index is -0.812. The number of esters is 3. The molecule has 0 amide bonds. The summed E-state index contributed by atoms with van der Waals surface area (Å²) >= 11 is 0. The molecule has 63 heavy (non-hydrogen) atoms. The molecular formula is C57H100O6. The number of allylic oxidation sites excluding steroid dienone is 10. The van der Waals surface area contributed by atoms with Crippen molar-refractivity contribution in [1.82, 2.24) is 0 Å². The maximum atomic E-state index is 12.7. The first-order valence-electron chi connectivity index (χ1n) is 26.8. The van der Waals surface area contributed by atoms with E-state index in [1.165, 1.54) is 141 Å². The lowest BCUT2D eigenvalue weighted by molar-refractivity contribution is -0.166. The molecule has 0 saturated heterocycles. The summed E-state index contributed by atoms with van der Waals surface area (Å²) in [5.74, 6) is -0.988. The van der Waals surface area contributed by atoms with Gasteiger partial charge >= 0.3 is 17.9 Å². The maximum absolute atomic E-state index is 12.7. The summed E-state index contributed by atoms with van der Waals surface area (Å²) in [6, 6.07) is 0. The fourth-order valence-electron chi connectivity index (χ4n) is 7.51. The van der Waals surface area contributed by atoms with Crippen molar-refractivity contribution < 1.29 is 28.6 Å². The second-order valence-electron chi connectivity index (χ2n) is 17.8. The quantitative estimate of drug-likeness (QED) is 0.0262. The highest BCUT2D eigenvalue weighted by atomic mass is 16.6. The summed E-state index contributed by atoms with van der Waals surface area (Å²) in [4.78, 5) is 37.9. The van der Waals surface area contributed by atoms with Crippen LogP contribution in [0.15, 0.2) is 60.8 Å². The normalized spacial score (nSPS) is 12.5. The van der Waals surface area contributed by atoms with Crippen LogP contribution in [0, 0.1) is 0 Å². The van der Waals surface area contributed by atoms with Crippen LogP contribution in [0.2, 0.25) is 0 Å². The molecule has 0 aliphatic rings. The molecular weight excluding hydrogens is 781 g/mol. The third-order valence-electron chi connectivity index (χ3n) is 11.5. The molecule has 0 spiro atoms. The monoisotopic (exact) mass is 881 g/mol. The molecule has 1 atom stereocenters. The van der Waals surface area contributed by atoms with E-state index in [0.717, 1.165) is 77.0 Å². The van der Waals surface area contributed by atoms with E-state index in [0.29, 0.717) is 19.3 Å². The van der Waals surface area contributed by atoms with Crippen LogP contribution < -0.4 is 0 Å². The summed E-state index contributed by atoms with van der Waals surface area (Å²) < 4.78 is 16.7. The van der Waals surface area contributed by atoms with Crippen molar-refractivity contribution in [2.75, 3.05) is 13.2 Å². The SMILES string of the molecule is CC/C=C\C/C=C\C/C=C\C/C=C\CCC(=O)OC(COC(=O)CCCCCCC/C=C\CCCCC)COC(=O)CCCCCCCCCCCCCCCCCCCCCC. The molecule has 0 rings (SSSR count). The fraction of sp³-hybridized carbons (Fsp3) is 0.772. The first-order valence-corrected chi connectivity index (χ1v) is 26.8. The average molecular weight is 881 g/mol. The maximum Gasteiger partial charge on any atom is 0.306 e. The molecule has 0 heterocycles. The Morgan fingerprint density at radius 1 is 0.333 bits per heavy atom. The molecule has 0 aliphatic carbocycles. The number of carbonyl (C=O) groups excluding carboxylic acids is 3. The van der Waals surface area contributed by atoms with E-state index >= 15 is 0 Å². The molecule has 0 aromatic heterocycles. The van der Waals surface area contributed by atoms with E-state index in [9.17, 15) is 14.4 Å². The second kappa shape index (κ2) is 51.7. The van der Waals surface area contributed by atoms with Gasteiger partial charge in [0, 0.05) is 19.3 Å². The van der Waals surface area contributed by atoms with Crippen molar-refractivity contribution in [2.24, 2.45) is 0 Å². The molecule has 1 unspecified atom stereocenters. The highest BCUT2D eigenvalue weighted by Crippen LogP contribution is 2.16. The standard InChI is InChI=1S/C57H100O6/c1-4-7-10-13-16-19-22-25-26-27-28-29-30-31-33-35-38-41-44-47-50-56(59)62-53-54(52-61-55(58)49-46-43-40-37-34-24-21-18-15-12-9-6-3)63-57(60)51-48-45-42-39-36-32-23-20-17-14-11-8-5-2/h8,11,17-18,20-21,32,36,42,45,54H,4-7,9-10,12-16,19,22-31,33-35,37-41,43-44,46-53H2,1-3H3/b11-8-,20-17-,21-18-,36-32-,45-42-. The average Bonchev–Trinajstić information content (AvgIpc) is 3.28. The van der Waals surface area contributed by atoms with E-state index in [2.05, 4.69) is 69.4 Å². The molecule has 0 N–H and O–H groups in total. The van der Waals surface area contributed by atoms with Crippen molar-refractivity contribution >= 4 is 17.9 Å². The van der Waals surface area contributed by atoms with Gasteiger partial charge in [-0.1, -0.05) is 236 Å². The number of unbranched alkanes of at least 4 members (excludes halogenated alkanes) is 27. The van der Waals surface area contributed by atoms with Gasteiger partial charge in [-0.2, -0.15) is 0 Å². The zero-order valence-electron chi connectivity index (χ0n) is 41.6. The van der Waals surface area contributed by atoms with Gasteiger partial charge < -0.3 is 14.2 Å². The van der Waals surface area contributed by atoms with Crippen LogP contribution in [0.1, 0.15) is 265 Å². The van der Waals surface area contributed by atoms with Gasteiger partial charge in [0.15, 0.2) is 6.10 Å². The number of carbonyl (C=O) groups is 3. The molecule has 6 nitrogen and oxygen atoms in total. The lowest BCUT2D eigenvalue weighted by atomic mass is 10.0. The van der Waals surface area contributed by atoms with Gasteiger partial charge in [0.05, 0.1) is 0 Å². The minimum Gasteiger partial charge on any atom is -0.462 e. The first-order chi connectivity index (χ1) is 31.0. The molecule has 6 heteroatoms. The summed E-state index contributed by atoms with van der Waals surface area (Å²) in [6.45, 7) is 6.45. The van der Waals surface area contributed by atoms with Crippen LogP contribution in [0.25, 0.3) is 0 Å². The minimum absolute atomic E-state index is 0.103. The van der Waals surface area contributed by atoms with Gasteiger partial charge in [-0.25, -0.2) is 0 Å². The largest absolute Gasteiger partial charge is 0.462 e. The molecule has 0 aliphatic heterocycles. The van der Waals surface area contributed by atoms with Crippen molar-refractivity contribution in [3.05, 3.63) is 60.8 Å². The Morgan fingerprint density at radius 3 is 1.06 bits per heavy atom. The van der Waals surface area contributed by atoms with Gasteiger partial charge in [0.2, 0.25) is 0 Å².